The predicted molar refractivity (Wildman–Crippen MR) is 92.7 cm³/mol. The number of Topliss-reactive ketones (excluding diaryl/α,β-unsaturated/α-hetero) is 1. The Labute approximate surface area is 152 Å². The van der Waals surface area contributed by atoms with E-state index in [0.717, 1.165) is 11.1 Å². The minimum Gasteiger partial charge on any atom is -0.479 e. The van der Waals surface area contributed by atoms with E-state index in [9.17, 15) is 14.4 Å². The van der Waals surface area contributed by atoms with Gasteiger partial charge in [0.2, 0.25) is 12.5 Å². The first-order chi connectivity index (χ1) is 12.5. The van der Waals surface area contributed by atoms with Gasteiger partial charge in [0, 0.05) is 0 Å². The lowest BCUT2D eigenvalue weighted by Gasteiger charge is -2.29. The Morgan fingerprint density at radius 2 is 2.12 bits per heavy atom. The summed E-state index contributed by atoms with van der Waals surface area (Å²) in [6.07, 6.45) is 1.38. The number of hydrogen-bond acceptors (Lipinski definition) is 7. The molecule has 9 heteroatoms. The van der Waals surface area contributed by atoms with Crippen LogP contribution in [0.2, 0.25) is 0 Å². The van der Waals surface area contributed by atoms with Crippen LogP contribution in [0.4, 0.5) is 0 Å². The molecule has 0 spiro atoms. The Morgan fingerprint density at radius 3 is 2.77 bits per heavy atom. The third-order valence-electron chi connectivity index (χ3n) is 3.95. The van der Waals surface area contributed by atoms with Gasteiger partial charge in [-0.25, -0.2) is 4.79 Å². The van der Waals surface area contributed by atoms with Crippen molar-refractivity contribution >= 4 is 41.2 Å². The fraction of sp³-hybridized carbons (Fsp3) is 0.235. The lowest BCUT2D eigenvalue weighted by atomic mass is 9.82. The normalized spacial score (nSPS) is 24.6. The zero-order valence-corrected chi connectivity index (χ0v) is 14.1. The highest BCUT2D eigenvalue weighted by molar-refractivity contribution is 8.03. The van der Waals surface area contributed by atoms with Gasteiger partial charge < -0.3 is 15.3 Å². The van der Waals surface area contributed by atoms with Crippen molar-refractivity contribution in [3.8, 4) is 6.07 Å². The Kier molecular flexibility index (Phi) is 5.04. The third-order valence-corrected chi connectivity index (χ3v) is 5.03. The number of nitriles is 1. The molecule has 1 saturated heterocycles. The van der Waals surface area contributed by atoms with Crippen molar-refractivity contribution in [3.63, 3.8) is 0 Å². The van der Waals surface area contributed by atoms with Crippen LogP contribution in [0.25, 0.3) is 5.57 Å². The van der Waals surface area contributed by atoms with Crippen LogP contribution in [0, 0.1) is 23.2 Å². The molecule has 8 nitrogen and oxygen atoms in total. The Hall–Kier alpha value is -3.12. The molecule has 2 N–H and O–H groups in total. The van der Waals surface area contributed by atoms with Crippen LogP contribution in [0.5, 0.6) is 0 Å². The number of fused-ring (bicyclic) bond motifs is 1. The summed E-state index contributed by atoms with van der Waals surface area (Å²) in [5.74, 6) is -3.88. The lowest BCUT2D eigenvalue weighted by Crippen LogP contribution is -2.52. The second kappa shape index (κ2) is 7.41. The monoisotopic (exact) mass is 371 g/mol. The van der Waals surface area contributed by atoms with E-state index < -0.39 is 30.3 Å². The number of thioether (sulfide) groups is 1. The zero-order valence-electron chi connectivity index (χ0n) is 13.3. The molecule has 0 saturated carbocycles. The molecule has 132 valence electrons. The van der Waals surface area contributed by atoms with Gasteiger partial charge in [-0.3, -0.25) is 9.59 Å². The Balaban J connectivity index is 1.74. The number of aliphatic carboxylic acids is 1. The molecular weight excluding hydrogens is 358 g/mol. The number of hydrogen-bond donors (Lipinski definition) is 2. The molecule has 3 rings (SSSR count). The molecule has 3 unspecified atom stereocenters. The van der Waals surface area contributed by atoms with E-state index in [1.807, 2.05) is 5.41 Å². The van der Waals surface area contributed by atoms with Crippen LogP contribution in [-0.2, 0) is 19.2 Å². The number of ketones is 1. The Morgan fingerprint density at radius 1 is 1.38 bits per heavy atom. The van der Waals surface area contributed by atoms with Gasteiger partial charge in [-0.15, -0.1) is 11.8 Å². The highest BCUT2D eigenvalue weighted by atomic mass is 32.2. The minimum atomic E-state index is -1.28. The van der Waals surface area contributed by atoms with Crippen LogP contribution in [0.3, 0.4) is 0 Å². The van der Waals surface area contributed by atoms with Crippen molar-refractivity contribution in [2.45, 2.75) is 5.37 Å². The summed E-state index contributed by atoms with van der Waals surface area (Å²) in [4.78, 5) is 39.2. The molecule has 2 aliphatic heterocycles. The van der Waals surface area contributed by atoms with Gasteiger partial charge in [0.1, 0.15) is 0 Å². The summed E-state index contributed by atoms with van der Waals surface area (Å²) < 4.78 is 0. The van der Waals surface area contributed by atoms with E-state index in [2.05, 4.69) is 15.3 Å². The third kappa shape index (κ3) is 3.45. The standard InChI is InChI=1S/C17H13N3O5S/c18-5-11-15(23)14-12(8-26-17(14)20-16(11)24)10-3-1-9(2-4-10)6-19-25-7-13(21)22/h1-4,6,8,11,14,17H,7H2,(H,20,24)(H,21,22). The maximum Gasteiger partial charge on any atom is 0.344 e. The van der Waals surface area contributed by atoms with Crippen molar-refractivity contribution in [2.24, 2.45) is 17.0 Å². The molecule has 2 aliphatic rings. The zero-order chi connectivity index (χ0) is 18.7. The van der Waals surface area contributed by atoms with Crippen LogP contribution in [0.1, 0.15) is 11.1 Å². The number of nitrogens with one attached hydrogen (secondary N) is 1. The molecule has 1 fully saturated rings. The van der Waals surface area contributed by atoms with Gasteiger partial charge in [0.15, 0.2) is 11.7 Å². The maximum absolute atomic E-state index is 12.5. The summed E-state index contributed by atoms with van der Waals surface area (Å²) >= 11 is 1.35. The molecule has 1 aromatic rings. The van der Waals surface area contributed by atoms with Gasteiger partial charge >= 0.3 is 5.97 Å². The van der Waals surface area contributed by atoms with E-state index in [1.54, 1.807) is 30.3 Å². The fourth-order valence-electron chi connectivity index (χ4n) is 2.74. The van der Waals surface area contributed by atoms with Gasteiger partial charge in [-0.1, -0.05) is 29.4 Å². The number of carbonyl (C=O) groups excluding carboxylic acids is 2. The van der Waals surface area contributed by atoms with Crippen LogP contribution < -0.4 is 5.32 Å². The van der Waals surface area contributed by atoms with Crippen molar-refractivity contribution in [1.29, 1.82) is 5.26 Å². The average molecular weight is 371 g/mol. The number of carboxylic acids is 1. The Bertz CT molecular complexity index is 856. The summed E-state index contributed by atoms with van der Waals surface area (Å²) in [6, 6.07) is 8.83. The topological polar surface area (TPSA) is 129 Å². The highest BCUT2D eigenvalue weighted by Gasteiger charge is 2.47. The molecule has 1 amide bonds. The lowest BCUT2D eigenvalue weighted by molar-refractivity contribution is -0.142. The van der Waals surface area contributed by atoms with E-state index in [0.29, 0.717) is 5.56 Å². The van der Waals surface area contributed by atoms with Crippen LogP contribution in [-0.4, -0.2) is 41.0 Å². The van der Waals surface area contributed by atoms with Crippen molar-refractivity contribution < 1.29 is 24.3 Å². The van der Waals surface area contributed by atoms with Gasteiger partial charge in [0.05, 0.1) is 23.6 Å². The van der Waals surface area contributed by atoms with E-state index in [-0.39, 0.29) is 11.2 Å². The van der Waals surface area contributed by atoms with Crippen LogP contribution >= 0.6 is 11.8 Å². The SMILES string of the molecule is N#CC1C(=O)NC2SC=C(c3ccc(C=NOCC(=O)O)cc3)C2C1=O. The molecule has 0 aliphatic carbocycles. The summed E-state index contributed by atoms with van der Waals surface area (Å²) in [5.41, 5.74) is 2.26. The van der Waals surface area contributed by atoms with E-state index >= 15 is 0 Å². The number of nitrogens with zero attached hydrogens (tertiary/aromatic N) is 2. The maximum atomic E-state index is 12.5. The van der Waals surface area contributed by atoms with Gasteiger partial charge in [-0.2, -0.15) is 5.26 Å². The number of amides is 1. The highest BCUT2D eigenvalue weighted by Crippen LogP contribution is 2.43. The van der Waals surface area contributed by atoms with Crippen molar-refractivity contribution in [2.75, 3.05) is 6.61 Å². The number of piperidine rings is 1. The molecule has 0 aromatic heterocycles. The number of rotatable bonds is 5. The number of carboxylic acid groups (broad SMARTS) is 1. The summed E-state index contributed by atoms with van der Waals surface area (Å²) in [6.45, 7) is -0.518. The summed E-state index contributed by atoms with van der Waals surface area (Å²) in [7, 11) is 0. The summed E-state index contributed by atoms with van der Waals surface area (Å²) in [5, 5.41) is 25.2. The number of oxime groups is 1. The molecule has 0 radical (unpaired) electrons. The second-order valence-corrected chi connectivity index (χ2v) is 6.62. The van der Waals surface area contributed by atoms with E-state index in [1.165, 1.54) is 18.0 Å². The average Bonchev–Trinajstić information content (AvgIpc) is 3.03. The first kappa shape index (κ1) is 17.7. The minimum absolute atomic E-state index is 0.384. The van der Waals surface area contributed by atoms with Gasteiger partial charge in [-0.05, 0) is 22.1 Å². The van der Waals surface area contributed by atoms with Crippen molar-refractivity contribution in [1.82, 2.24) is 5.32 Å². The van der Waals surface area contributed by atoms with E-state index in [4.69, 9.17) is 10.4 Å². The molecular formula is C17H13N3O5S. The first-order valence-corrected chi connectivity index (χ1v) is 8.52. The molecule has 0 bridgehead atoms. The van der Waals surface area contributed by atoms with Gasteiger partial charge in [0.25, 0.3) is 0 Å². The van der Waals surface area contributed by atoms with Crippen LogP contribution in [0.15, 0.2) is 34.8 Å². The molecule has 26 heavy (non-hydrogen) atoms. The second-order valence-electron chi connectivity index (χ2n) is 5.60. The fourth-order valence-corrected chi connectivity index (χ4v) is 3.93. The smallest absolute Gasteiger partial charge is 0.344 e. The molecule has 1 aromatic carbocycles. The molecule has 2 heterocycles. The molecule has 3 atom stereocenters. The number of carbonyl (C=O) groups is 3. The quantitative estimate of drug-likeness (QED) is 0.448. The first-order valence-electron chi connectivity index (χ1n) is 7.58. The predicted octanol–water partition coefficient (Wildman–Crippen LogP) is 0.990. The largest absolute Gasteiger partial charge is 0.479 e. The van der Waals surface area contributed by atoms with Crippen molar-refractivity contribution in [3.05, 3.63) is 40.8 Å². The number of benzene rings is 1.